The first-order chi connectivity index (χ1) is 25.3. The largest absolute Gasteiger partial charge is 0.294 e. The van der Waals surface area contributed by atoms with Gasteiger partial charge in [0.2, 0.25) is 0 Å². The highest BCUT2D eigenvalue weighted by molar-refractivity contribution is 7.20. The molecule has 10 rings (SSSR count). The molecule has 0 bridgehead atoms. The predicted molar refractivity (Wildman–Crippen MR) is 214 cm³/mol. The summed E-state index contributed by atoms with van der Waals surface area (Å²) in [6.07, 6.45) is 3.76. The summed E-state index contributed by atoms with van der Waals surface area (Å²) in [5.41, 5.74) is 4.60. The van der Waals surface area contributed by atoms with Gasteiger partial charge < -0.3 is 0 Å². The zero-order valence-electron chi connectivity index (χ0n) is 27.8. The van der Waals surface area contributed by atoms with E-state index in [-0.39, 0.29) is 0 Å². The Labute approximate surface area is 296 Å². The molecule has 0 radical (unpaired) electrons. The van der Waals surface area contributed by atoms with E-state index in [2.05, 4.69) is 179 Å². The van der Waals surface area contributed by atoms with Crippen molar-refractivity contribution in [2.45, 2.75) is 0 Å². The van der Waals surface area contributed by atoms with Gasteiger partial charge in [-0.3, -0.25) is 9.13 Å². The maximum atomic E-state index is 4.85. The number of hydrogen-bond acceptors (Lipinski definition) is 2. The van der Waals surface area contributed by atoms with E-state index in [1.54, 1.807) is 0 Å². The van der Waals surface area contributed by atoms with Crippen LogP contribution in [0, 0.1) is 0 Å². The number of benzene rings is 6. The van der Waals surface area contributed by atoms with Crippen molar-refractivity contribution < 1.29 is 0 Å². The van der Waals surface area contributed by atoms with Crippen LogP contribution >= 0.6 is 0 Å². The first kappa shape index (κ1) is 29.4. The fourth-order valence-corrected chi connectivity index (χ4v) is 13.0. The molecule has 6 aromatic carbocycles. The number of fused-ring (bicyclic) bond motifs is 6. The molecule has 51 heavy (non-hydrogen) atoms. The number of pyridine rings is 2. The summed E-state index contributed by atoms with van der Waals surface area (Å²) in [4.78, 5) is 9.69. The summed E-state index contributed by atoms with van der Waals surface area (Å²) in [5, 5.41) is 10.2. The Hall–Kier alpha value is -6.56. The normalized spacial score (nSPS) is 11.9. The van der Waals surface area contributed by atoms with Crippen LogP contribution in [0.4, 0.5) is 0 Å². The zero-order valence-corrected chi connectivity index (χ0v) is 28.8. The van der Waals surface area contributed by atoms with Crippen molar-refractivity contribution in [2.75, 3.05) is 0 Å². The Balaban J connectivity index is 1.35. The van der Waals surface area contributed by atoms with Gasteiger partial charge in [-0.05, 0) is 69.3 Å². The zero-order chi connectivity index (χ0) is 33.8. The van der Waals surface area contributed by atoms with Gasteiger partial charge >= 0.3 is 0 Å². The lowest BCUT2D eigenvalue weighted by atomic mass is 10.1. The smallest absolute Gasteiger partial charge is 0.179 e. The molecule has 0 aliphatic carbocycles. The molecular formula is C46H32N4Si. The number of rotatable bonds is 6. The van der Waals surface area contributed by atoms with Crippen LogP contribution in [0.5, 0.6) is 0 Å². The van der Waals surface area contributed by atoms with Crippen LogP contribution in [0.1, 0.15) is 0 Å². The monoisotopic (exact) mass is 668 g/mol. The first-order valence-corrected chi connectivity index (χ1v) is 19.3. The average molecular weight is 669 g/mol. The summed E-state index contributed by atoms with van der Waals surface area (Å²) in [5.74, 6) is 1.82. The highest BCUT2D eigenvalue weighted by Crippen LogP contribution is 2.33. The molecule has 0 spiro atoms. The molecule has 0 aliphatic heterocycles. The minimum absolute atomic E-state index is 0.911. The second-order valence-corrected chi connectivity index (χ2v) is 16.8. The van der Waals surface area contributed by atoms with Crippen LogP contribution in [0.3, 0.4) is 0 Å². The molecule has 0 N–H and O–H groups in total. The lowest BCUT2D eigenvalue weighted by molar-refractivity contribution is 1.08. The molecule has 4 heterocycles. The lowest BCUT2D eigenvalue weighted by Gasteiger charge is -2.34. The standard InChI is InChI=1S/C46H32N4Si/c1-3-15-33(16-4-1)51(34-17-5-2-6-18-34,35-25-27-39-37-19-7-9-21-41(37)49(43(39)31-35)45-23-11-13-29-47-45)36-26-28-40-38-20-8-10-22-42(38)50(44(40)32-36)46-24-12-14-30-48-46/h1-32H. The number of para-hydroxylation sites is 2. The van der Waals surface area contributed by atoms with E-state index in [1.165, 1.54) is 42.3 Å². The van der Waals surface area contributed by atoms with Crippen molar-refractivity contribution in [1.29, 1.82) is 0 Å². The summed E-state index contributed by atoms with van der Waals surface area (Å²) < 4.78 is 4.65. The van der Waals surface area contributed by atoms with Gasteiger partial charge in [0.05, 0.1) is 22.1 Å². The third kappa shape index (κ3) is 4.45. The minimum Gasteiger partial charge on any atom is -0.294 e. The third-order valence-corrected chi connectivity index (χ3v) is 15.1. The molecule has 0 fully saturated rings. The van der Waals surface area contributed by atoms with Crippen LogP contribution < -0.4 is 20.7 Å². The Bertz CT molecular complexity index is 2650. The van der Waals surface area contributed by atoms with E-state index in [1.807, 2.05) is 24.5 Å². The van der Waals surface area contributed by atoms with Crippen LogP contribution in [0.15, 0.2) is 194 Å². The summed E-state index contributed by atoms with van der Waals surface area (Å²) in [7, 11) is -2.95. The van der Waals surface area contributed by atoms with Crippen LogP contribution in [0.25, 0.3) is 55.2 Å². The van der Waals surface area contributed by atoms with Crippen molar-refractivity contribution in [1.82, 2.24) is 19.1 Å². The third-order valence-electron chi connectivity index (χ3n) is 10.4. The van der Waals surface area contributed by atoms with Gasteiger partial charge in [-0.25, -0.2) is 9.97 Å². The molecule has 0 aliphatic rings. The summed E-state index contributed by atoms with van der Waals surface area (Å²) in [6, 6.07) is 66.3. The van der Waals surface area contributed by atoms with E-state index in [9.17, 15) is 0 Å². The molecule has 0 saturated carbocycles. The Kier molecular flexibility index (Phi) is 6.79. The average Bonchev–Trinajstić information content (AvgIpc) is 3.72. The fourth-order valence-electron chi connectivity index (χ4n) is 8.25. The highest BCUT2D eigenvalue weighted by atomic mass is 28.3. The van der Waals surface area contributed by atoms with Gasteiger partial charge in [0.1, 0.15) is 11.6 Å². The summed E-state index contributed by atoms with van der Waals surface area (Å²) in [6.45, 7) is 0. The Morgan fingerprint density at radius 3 is 1.14 bits per heavy atom. The van der Waals surface area contributed by atoms with E-state index < -0.39 is 8.07 Å². The van der Waals surface area contributed by atoms with E-state index in [0.717, 1.165) is 33.7 Å². The van der Waals surface area contributed by atoms with Gasteiger partial charge in [-0.15, -0.1) is 0 Å². The van der Waals surface area contributed by atoms with Crippen molar-refractivity contribution in [3.63, 3.8) is 0 Å². The number of aromatic nitrogens is 4. The van der Waals surface area contributed by atoms with E-state index in [0.29, 0.717) is 0 Å². The fraction of sp³-hybridized carbons (Fsp3) is 0. The van der Waals surface area contributed by atoms with Crippen LogP contribution in [-0.2, 0) is 0 Å². The van der Waals surface area contributed by atoms with Gasteiger partial charge in [-0.2, -0.15) is 0 Å². The van der Waals surface area contributed by atoms with Crippen molar-refractivity contribution in [3.8, 4) is 11.6 Å². The van der Waals surface area contributed by atoms with Gasteiger partial charge in [0.15, 0.2) is 8.07 Å². The SMILES string of the molecule is c1ccc([Si](c2ccccc2)(c2ccc3c4ccccc4n(-c4ccccn4)c3c2)c2ccc3c4ccccc4n(-c4ccccn4)c3c2)cc1. The van der Waals surface area contributed by atoms with Crippen LogP contribution in [0.2, 0.25) is 0 Å². The van der Waals surface area contributed by atoms with E-state index >= 15 is 0 Å². The van der Waals surface area contributed by atoms with Crippen LogP contribution in [-0.4, -0.2) is 27.2 Å². The quantitative estimate of drug-likeness (QED) is 0.133. The van der Waals surface area contributed by atoms with Gasteiger partial charge in [-0.1, -0.05) is 133 Å². The number of hydrogen-bond donors (Lipinski definition) is 0. The molecular weight excluding hydrogens is 637 g/mol. The second kappa shape index (κ2) is 11.8. The Morgan fingerprint density at radius 2 is 0.706 bits per heavy atom. The van der Waals surface area contributed by atoms with E-state index in [4.69, 9.17) is 9.97 Å². The molecule has 4 aromatic heterocycles. The van der Waals surface area contributed by atoms with Crippen molar-refractivity contribution in [3.05, 3.63) is 194 Å². The topological polar surface area (TPSA) is 35.6 Å². The van der Waals surface area contributed by atoms with Gasteiger partial charge in [0, 0.05) is 33.9 Å². The van der Waals surface area contributed by atoms with Crippen molar-refractivity contribution >= 4 is 72.4 Å². The molecule has 0 amide bonds. The highest BCUT2D eigenvalue weighted by Gasteiger charge is 2.42. The molecule has 4 nitrogen and oxygen atoms in total. The second-order valence-electron chi connectivity index (χ2n) is 13.0. The predicted octanol–water partition coefficient (Wildman–Crippen LogP) is 8.05. The molecule has 0 saturated heterocycles. The first-order valence-electron chi connectivity index (χ1n) is 17.3. The van der Waals surface area contributed by atoms with Gasteiger partial charge in [0.25, 0.3) is 0 Å². The number of nitrogens with zero attached hydrogens (tertiary/aromatic N) is 4. The Morgan fingerprint density at radius 1 is 0.314 bits per heavy atom. The molecule has 5 heteroatoms. The molecule has 0 atom stereocenters. The maximum Gasteiger partial charge on any atom is 0.179 e. The molecule has 10 aromatic rings. The lowest BCUT2D eigenvalue weighted by Crippen LogP contribution is -2.74. The summed E-state index contributed by atoms with van der Waals surface area (Å²) >= 11 is 0. The molecule has 0 unspecified atom stereocenters. The minimum atomic E-state index is -2.95. The van der Waals surface area contributed by atoms with Crippen molar-refractivity contribution in [2.24, 2.45) is 0 Å². The molecule has 240 valence electrons. The maximum absolute atomic E-state index is 4.85.